The van der Waals surface area contributed by atoms with E-state index in [1.54, 1.807) is 0 Å². The fourth-order valence-electron chi connectivity index (χ4n) is 1.91. The molecule has 8 nitrogen and oxygen atoms in total. The molecule has 1 aromatic rings. The monoisotopic (exact) mass is 303 g/mol. The second-order valence-corrected chi connectivity index (χ2v) is 4.89. The van der Waals surface area contributed by atoms with E-state index in [0.29, 0.717) is 25.1 Å². The third-order valence-electron chi connectivity index (χ3n) is 3.30. The first kappa shape index (κ1) is 15.7. The van der Waals surface area contributed by atoms with Crippen molar-refractivity contribution < 1.29 is 9.53 Å². The van der Waals surface area contributed by atoms with Crippen molar-refractivity contribution >= 4 is 5.91 Å². The molecule has 116 valence electrons. The molecule has 0 bridgehead atoms. The lowest BCUT2D eigenvalue weighted by molar-refractivity contribution is -0.121. The number of rotatable bonds is 8. The largest absolute Gasteiger partial charge is 0.490 e. The molecule has 0 aliphatic carbocycles. The van der Waals surface area contributed by atoms with Crippen molar-refractivity contribution in [3.8, 4) is 18.1 Å². The maximum atomic E-state index is 11.8. The highest BCUT2D eigenvalue weighted by Crippen LogP contribution is 2.37. The molecule has 8 heteroatoms. The van der Waals surface area contributed by atoms with Crippen molar-refractivity contribution in [3.63, 3.8) is 0 Å². The van der Waals surface area contributed by atoms with E-state index in [-0.39, 0.29) is 30.2 Å². The molecule has 0 aromatic carbocycles. The van der Waals surface area contributed by atoms with Crippen molar-refractivity contribution in [3.05, 3.63) is 22.4 Å². The summed E-state index contributed by atoms with van der Waals surface area (Å²) >= 11 is 0. The molecule has 1 amide bonds. The van der Waals surface area contributed by atoms with E-state index in [0.717, 1.165) is 0 Å². The molecule has 22 heavy (non-hydrogen) atoms. The maximum absolute atomic E-state index is 11.8. The van der Waals surface area contributed by atoms with Crippen LogP contribution in [0.5, 0.6) is 5.75 Å². The van der Waals surface area contributed by atoms with Gasteiger partial charge in [0.05, 0.1) is 19.9 Å². The van der Waals surface area contributed by atoms with Gasteiger partial charge in [0.15, 0.2) is 5.66 Å². The molecule has 2 heterocycles. The highest BCUT2D eigenvalue weighted by atomic mass is 16.5. The van der Waals surface area contributed by atoms with Gasteiger partial charge in [-0.2, -0.15) is 10.2 Å². The van der Waals surface area contributed by atoms with E-state index in [1.807, 2.05) is 0 Å². The predicted octanol–water partition coefficient (Wildman–Crippen LogP) is 0.750. The summed E-state index contributed by atoms with van der Waals surface area (Å²) < 4.78 is 4.81. The summed E-state index contributed by atoms with van der Waals surface area (Å²) in [7, 11) is 1.39. The molecule has 0 saturated heterocycles. The summed E-state index contributed by atoms with van der Waals surface area (Å²) in [6.45, 7) is 0.143. The highest BCUT2D eigenvalue weighted by molar-refractivity contribution is 5.75. The van der Waals surface area contributed by atoms with E-state index in [1.165, 1.54) is 13.3 Å². The number of ether oxygens (including phenoxy) is 1. The Labute approximate surface area is 127 Å². The minimum absolute atomic E-state index is 0.127. The lowest BCUT2D eigenvalue weighted by atomic mass is 10.0. The fourth-order valence-corrected chi connectivity index (χ4v) is 1.91. The zero-order valence-electron chi connectivity index (χ0n) is 12.3. The van der Waals surface area contributed by atoms with Gasteiger partial charge in [-0.15, -0.1) is 12.3 Å². The van der Waals surface area contributed by atoms with Gasteiger partial charge in [0.25, 0.3) is 5.56 Å². The Bertz CT molecular complexity index is 668. The van der Waals surface area contributed by atoms with Gasteiger partial charge in [0.1, 0.15) is 5.82 Å². The molecular formula is C14H17N5O3. The molecule has 2 rings (SSSR count). The Morgan fingerprint density at radius 3 is 2.86 bits per heavy atom. The molecule has 2 N–H and O–H groups in total. The number of H-pyrrole nitrogens is 1. The van der Waals surface area contributed by atoms with Crippen LogP contribution in [0.25, 0.3) is 0 Å². The Morgan fingerprint density at radius 2 is 2.27 bits per heavy atom. The van der Waals surface area contributed by atoms with Gasteiger partial charge in [-0.05, 0) is 0 Å². The van der Waals surface area contributed by atoms with Crippen molar-refractivity contribution in [1.82, 2.24) is 15.3 Å². The van der Waals surface area contributed by atoms with Gasteiger partial charge in [-0.1, -0.05) is 0 Å². The van der Waals surface area contributed by atoms with E-state index in [4.69, 9.17) is 11.2 Å². The summed E-state index contributed by atoms with van der Waals surface area (Å²) in [5.74, 6) is 2.87. The van der Waals surface area contributed by atoms with Gasteiger partial charge in [-0.3, -0.25) is 9.59 Å². The lowest BCUT2D eigenvalue weighted by Gasteiger charge is -2.09. The maximum Gasteiger partial charge on any atom is 0.293 e. The van der Waals surface area contributed by atoms with Crippen LogP contribution in [0.1, 0.15) is 31.5 Å². The third-order valence-corrected chi connectivity index (χ3v) is 3.30. The van der Waals surface area contributed by atoms with Crippen LogP contribution in [0.15, 0.2) is 21.2 Å². The number of aromatic nitrogens is 2. The number of aromatic amines is 1. The standard InChI is InChI=1S/C14H17N5O3/c1-3-4-6-14(18-19-14)7-5-12(20)16-9-11-15-8-10(22-2)13(21)17-11/h1,8H,4-7,9H2,2H3,(H,16,20)(H,15,17,21). The topological polar surface area (TPSA) is 109 Å². The number of methoxy groups -OCH3 is 1. The number of carbonyl (C=O) groups is 1. The second kappa shape index (κ2) is 6.85. The Hall–Kier alpha value is -2.69. The average Bonchev–Trinajstić information content (AvgIpc) is 3.29. The Morgan fingerprint density at radius 1 is 1.50 bits per heavy atom. The fraction of sp³-hybridized carbons (Fsp3) is 0.500. The minimum Gasteiger partial charge on any atom is -0.490 e. The number of nitrogens with one attached hydrogen (secondary N) is 2. The van der Waals surface area contributed by atoms with Gasteiger partial charge < -0.3 is 15.0 Å². The van der Waals surface area contributed by atoms with Gasteiger partial charge in [-0.25, -0.2) is 4.98 Å². The summed E-state index contributed by atoms with van der Waals surface area (Å²) in [6, 6.07) is 0. The van der Waals surface area contributed by atoms with Crippen molar-refractivity contribution in [2.24, 2.45) is 10.2 Å². The van der Waals surface area contributed by atoms with Crippen LogP contribution in [0.3, 0.4) is 0 Å². The predicted molar refractivity (Wildman–Crippen MR) is 78.1 cm³/mol. The second-order valence-electron chi connectivity index (χ2n) is 4.89. The van der Waals surface area contributed by atoms with Crippen molar-refractivity contribution in [1.29, 1.82) is 0 Å². The zero-order valence-corrected chi connectivity index (χ0v) is 12.3. The number of nitrogens with zero attached hydrogens (tertiary/aromatic N) is 3. The molecule has 0 saturated carbocycles. The summed E-state index contributed by atoms with van der Waals surface area (Å²) in [5, 5.41) is 10.6. The third kappa shape index (κ3) is 4.15. The first-order valence-electron chi connectivity index (χ1n) is 6.85. The summed E-state index contributed by atoms with van der Waals surface area (Å²) in [5.41, 5.74) is -0.846. The molecular weight excluding hydrogens is 286 g/mol. The van der Waals surface area contributed by atoms with Crippen LogP contribution >= 0.6 is 0 Å². The number of carbonyl (C=O) groups excluding carboxylic acids is 1. The molecule has 0 radical (unpaired) electrons. The molecule has 1 aliphatic rings. The number of terminal acetylenes is 1. The van der Waals surface area contributed by atoms with Crippen molar-refractivity contribution in [2.45, 2.75) is 37.9 Å². The molecule has 0 unspecified atom stereocenters. The van der Waals surface area contributed by atoms with Crippen molar-refractivity contribution in [2.75, 3.05) is 7.11 Å². The quantitative estimate of drug-likeness (QED) is 0.691. The number of hydrogen-bond acceptors (Lipinski definition) is 6. The van der Waals surface area contributed by atoms with E-state index >= 15 is 0 Å². The van der Waals surface area contributed by atoms with Crippen LogP contribution in [0, 0.1) is 12.3 Å². The smallest absolute Gasteiger partial charge is 0.293 e. The van der Waals surface area contributed by atoms with E-state index < -0.39 is 5.66 Å². The number of amides is 1. The van der Waals surface area contributed by atoms with Crippen LogP contribution in [-0.2, 0) is 11.3 Å². The molecule has 1 aliphatic heterocycles. The molecule has 0 spiro atoms. The van der Waals surface area contributed by atoms with Gasteiger partial charge in [0, 0.05) is 25.7 Å². The zero-order chi connectivity index (χ0) is 16.0. The van der Waals surface area contributed by atoms with Crippen LogP contribution < -0.4 is 15.6 Å². The molecule has 1 aromatic heterocycles. The average molecular weight is 303 g/mol. The van der Waals surface area contributed by atoms with Gasteiger partial charge in [0.2, 0.25) is 11.7 Å². The summed E-state index contributed by atoms with van der Waals surface area (Å²) in [4.78, 5) is 29.8. The molecule has 0 fully saturated rings. The first-order chi connectivity index (χ1) is 10.6. The number of hydrogen-bond donors (Lipinski definition) is 2. The van der Waals surface area contributed by atoms with E-state index in [9.17, 15) is 9.59 Å². The summed E-state index contributed by atoms with van der Waals surface area (Å²) in [6.07, 6.45) is 8.61. The van der Waals surface area contributed by atoms with Crippen LogP contribution in [-0.4, -0.2) is 28.6 Å². The normalized spacial score (nSPS) is 14.2. The highest BCUT2D eigenvalue weighted by Gasteiger charge is 2.39. The van der Waals surface area contributed by atoms with Gasteiger partial charge >= 0.3 is 0 Å². The minimum atomic E-state index is -0.462. The Balaban J connectivity index is 1.75. The Kier molecular flexibility index (Phi) is 4.88. The van der Waals surface area contributed by atoms with E-state index in [2.05, 4.69) is 31.4 Å². The van der Waals surface area contributed by atoms with Crippen LogP contribution in [0.4, 0.5) is 0 Å². The SMILES string of the molecule is C#CCCC1(CCC(=O)NCc2ncc(OC)c(=O)[nH]2)N=N1. The van der Waals surface area contributed by atoms with Crippen LogP contribution in [0.2, 0.25) is 0 Å². The molecule has 0 atom stereocenters. The first-order valence-corrected chi connectivity index (χ1v) is 6.85. The lowest BCUT2D eigenvalue weighted by Crippen LogP contribution is -2.27.